The molecular formula is C12H16ClN5O2. The van der Waals surface area contributed by atoms with Gasteiger partial charge in [-0.1, -0.05) is 12.1 Å². The van der Waals surface area contributed by atoms with Crippen molar-refractivity contribution in [2.45, 2.75) is 6.04 Å². The Kier molecular flexibility index (Phi) is 6.10. The summed E-state index contributed by atoms with van der Waals surface area (Å²) in [6, 6.07) is 6.55. The second kappa shape index (κ2) is 7.59. The van der Waals surface area contributed by atoms with Crippen molar-refractivity contribution in [1.29, 1.82) is 0 Å². The van der Waals surface area contributed by atoms with Gasteiger partial charge in [-0.25, -0.2) is 4.98 Å². The second-order valence-corrected chi connectivity index (χ2v) is 3.97. The minimum absolute atomic E-state index is 0. The van der Waals surface area contributed by atoms with Crippen LogP contribution in [0.4, 0.5) is 5.69 Å². The predicted molar refractivity (Wildman–Crippen MR) is 77.5 cm³/mol. The SMILES string of the molecule is COCC(N)C(=O)Nc1cccc(-c2ncn[nH]2)c1.Cl. The van der Waals surface area contributed by atoms with Gasteiger partial charge in [0.2, 0.25) is 5.91 Å². The van der Waals surface area contributed by atoms with Crippen molar-refractivity contribution in [2.75, 3.05) is 19.0 Å². The zero-order valence-corrected chi connectivity index (χ0v) is 11.7. The molecule has 0 spiro atoms. The molecule has 20 heavy (non-hydrogen) atoms. The van der Waals surface area contributed by atoms with Gasteiger partial charge in [-0.15, -0.1) is 12.4 Å². The summed E-state index contributed by atoms with van der Waals surface area (Å²) in [6.07, 6.45) is 1.43. The third kappa shape index (κ3) is 4.02. The first kappa shape index (κ1) is 16.1. The summed E-state index contributed by atoms with van der Waals surface area (Å²) in [6.45, 7) is 0.174. The summed E-state index contributed by atoms with van der Waals surface area (Å²) >= 11 is 0. The number of amides is 1. The van der Waals surface area contributed by atoms with E-state index in [-0.39, 0.29) is 24.9 Å². The van der Waals surface area contributed by atoms with Gasteiger partial charge in [0.25, 0.3) is 0 Å². The van der Waals surface area contributed by atoms with Crippen molar-refractivity contribution in [3.05, 3.63) is 30.6 Å². The van der Waals surface area contributed by atoms with Crippen LogP contribution < -0.4 is 11.1 Å². The maximum absolute atomic E-state index is 11.7. The quantitative estimate of drug-likeness (QED) is 0.757. The molecule has 1 atom stereocenters. The van der Waals surface area contributed by atoms with E-state index >= 15 is 0 Å². The van der Waals surface area contributed by atoms with Gasteiger partial charge in [0.1, 0.15) is 12.4 Å². The highest BCUT2D eigenvalue weighted by molar-refractivity contribution is 5.95. The third-order valence-electron chi connectivity index (χ3n) is 2.50. The third-order valence-corrected chi connectivity index (χ3v) is 2.50. The van der Waals surface area contributed by atoms with Gasteiger partial charge >= 0.3 is 0 Å². The monoisotopic (exact) mass is 297 g/mol. The zero-order valence-electron chi connectivity index (χ0n) is 10.9. The van der Waals surface area contributed by atoms with Crippen LogP contribution >= 0.6 is 12.4 Å². The standard InChI is InChI=1S/C12H15N5O2.ClH/c1-19-6-10(13)12(18)16-9-4-2-3-8(5-9)11-14-7-15-17-11;/h2-5,7,10H,6,13H2,1H3,(H,16,18)(H,14,15,17);1H. The van der Waals surface area contributed by atoms with E-state index in [0.29, 0.717) is 11.5 Å². The summed E-state index contributed by atoms with van der Waals surface area (Å²) < 4.78 is 4.84. The van der Waals surface area contributed by atoms with Crippen molar-refractivity contribution in [2.24, 2.45) is 5.73 Å². The number of nitrogens with zero attached hydrogens (tertiary/aromatic N) is 2. The first-order chi connectivity index (χ1) is 9.20. The van der Waals surface area contributed by atoms with Crippen LogP contribution in [-0.4, -0.2) is 40.8 Å². The Morgan fingerprint density at radius 1 is 1.55 bits per heavy atom. The fraction of sp³-hybridized carbons (Fsp3) is 0.250. The fourth-order valence-electron chi connectivity index (χ4n) is 1.58. The molecule has 0 aliphatic carbocycles. The number of nitrogens with two attached hydrogens (primary N) is 1. The molecule has 0 saturated carbocycles. The maximum Gasteiger partial charge on any atom is 0.243 e. The van der Waals surface area contributed by atoms with E-state index in [1.807, 2.05) is 12.1 Å². The van der Waals surface area contributed by atoms with Crippen LogP contribution in [-0.2, 0) is 9.53 Å². The van der Waals surface area contributed by atoms with Crippen molar-refractivity contribution in [3.8, 4) is 11.4 Å². The number of carbonyl (C=O) groups is 1. The van der Waals surface area contributed by atoms with Crippen LogP contribution in [0.2, 0.25) is 0 Å². The van der Waals surface area contributed by atoms with Crippen LogP contribution in [0.25, 0.3) is 11.4 Å². The number of nitrogens with one attached hydrogen (secondary N) is 2. The van der Waals surface area contributed by atoms with Gasteiger partial charge in [-0.3, -0.25) is 9.89 Å². The summed E-state index contributed by atoms with van der Waals surface area (Å²) in [4.78, 5) is 15.8. The molecule has 0 aliphatic heterocycles. The lowest BCUT2D eigenvalue weighted by Crippen LogP contribution is -2.39. The van der Waals surface area contributed by atoms with E-state index in [1.54, 1.807) is 12.1 Å². The molecule has 1 amide bonds. The Labute approximate surface area is 122 Å². The van der Waals surface area contributed by atoms with E-state index < -0.39 is 6.04 Å². The number of rotatable bonds is 5. The van der Waals surface area contributed by atoms with Crippen LogP contribution in [0.3, 0.4) is 0 Å². The molecule has 0 aliphatic rings. The first-order valence-electron chi connectivity index (χ1n) is 5.72. The molecule has 0 bridgehead atoms. The van der Waals surface area contributed by atoms with Gasteiger partial charge in [-0.05, 0) is 12.1 Å². The predicted octanol–water partition coefficient (Wildman–Crippen LogP) is 0.806. The summed E-state index contributed by atoms with van der Waals surface area (Å²) in [5.41, 5.74) is 7.12. The fourth-order valence-corrected chi connectivity index (χ4v) is 1.58. The van der Waals surface area contributed by atoms with Gasteiger partial charge in [-0.2, -0.15) is 5.10 Å². The van der Waals surface area contributed by atoms with Gasteiger partial charge < -0.3 is 15.8 Å². The number of halogens is 1. The molecule has 7 nitrogen and oxygen atoms in total. The topological polar surface area (TPSA) is 106 Å². The van der Waals surface area contributed by atoms with E-state index in [1.165, 1.54) is 13.4 Å². The van der Waals surface area contributed by atoms with E-state index in [9.17, 15) is 4.79 Å². The number of hydrogen-bond acceptors (Lipinski definition) is 5. The average molecular weight is 298 g/mol. The average Bonchev–Trinajstić information content (AvgIpc) is 2.93. The molecule has 1 unspecified atom stereocenters. The highest BCUT2D eigenvalue weighted by atomic mass is 35.5. The van der Waals surface area contributed by atoms with E-state index in [0.717, 1.165) is 5.56 Å². The molecule has 4 N–H and O–H groups in total. The highest BCUT2D eigenvalue weighted by Gasteiger charge is 2.13. The van der Waals surface area contributed by atoms with Crippen LogP contribution in [0.1, 0.15) is 0 Å². The number of anilines is 1. The minimum Gasteiger partial charge on any atom is -0.383 e. The number of H-pyrrole nitrogens is 1. The summed E-state index contributed by atoms with van der Waals surface area (Å²) in [5, 5.41) is 9.26. The molecule has 108 valence electrons. The Balaban J connectivity index is 0.00000200. The lowest BCUT2D eigenvalue weighted by atomic mass is 10.2. The van der Waals surface area contributed by atoms with Gasteiger partial charge in [0, 0.05) is 18.4 Å². The highest BCUT2D eigenvalue weighted by Crippen LogP contribution is 2.18. The molecule has 0 radical (unpaired) electrons. The number of ether oxygens (including phenoxy) is 1. The van der Waals surface area contributed by atoms with Crippen molar-refractivity contribution >= 4 is 24.0 Å². The Morgan fingerprint density at radius 2 is 2.35 bits per heavy atom. The number of benzene rings is 1. The number of hydrogen-bond donors (Lipinski definition) is 3. The molecule has 1 aromatic carbocycles. The molecule has 1 heterocycles. The van der Waals surface area contributed by atoms with Crippen LogP contribution in [0.5, 0.6) is 0 Å². The lowest BCUT2D eigenvalue weighted by Gasteiger charge is -2.11. The summed E-state index contributed by atoms with van der Waals surface area (Å²) in [7, 11) is 1.50. The maximum atomic E-state index is 11.7. The van der Waals surface area contributed by atoms with Crippen LogP contribution in [0.15, 0.2) is 30.6 Å². The largest absolute Gasteiger partial charge is 0.383 e. The first-order valence-corrected chi connectivity index (χ1v) is 5.72. The molecule has 0 fully saturated rings. The van der Waals surface area contributed by atoms with E-state index in [4.69, 9.17) is 10.5 Å². The molecular weight excluding hydrogens is 282 g/mol. The van der Waals surface area contributed by atoms with Crippen molar-refractivity contribution in [1.82, 2.24) is 15.2 Å². The van der Waals surface area contributed by atoms with E-state index in [2.05, 4.69) is 20.5 Å². The smallest absolute Gasteiger partial charge is 0.243 e. The molecule has 2 rings (SSSR count). The Hall–Kier alpha value is -1.96. The molecule has 2 aromatic rings. The minimum atomic E-state index is -0.695. The Bertz CT molecular complexity index is 547. The normalized spacial score (nSPS) is 11.5. The van der Waals surface area contributed by atoms with Crippen molar-refractivity contribution in [3.63, 3.8) is 0 Å². The van der Waals surface area contributed by atoms with Crippen molar-refractivity contribution < 1.29 is 9.53 Å². The zero-order chi connectivity index (χ0) is 13.7. The molecule has 0 saturated heterocycles. The Morgan fingerprint density at radius 3 is 3.00 bits per heavy atom. The number of aromatic amines is 1. The second-order valence-electron chi connectivity index (χ2n) is 3.97. The molecule has 1 aromatic heterocycles. The number of carbonyl (C=O) groups excluding carboxylic acids is 1. The van der Waals surface area contributed by atoms with Crippen LogP contribution in [0, 0.1) is 0 Å². The molecule has 8 heteroatoms. The lowest BCUT2D eigenvalue weighted by molar-refractivity contribution is -0.118. The number of aromatic nitrogens is 3. The summed E-state index contributed by atoms with van der Waals surface area (Å²) in [5.74, 6) is 0.342. The number of methoxy groups -OCH3 is 1. The van der Waals surface area contributed by atoms with Gasteiger partial charge in [0.15, 0.2) is 5.82 Å². The van der Waals surface area contributed by atoms with Gasteiger partial charge in [0.05, 0.1) is 6.61 Å².